The number of likely N-dealkylation sites (tertiary alicyclic amines) is 1. The van der Waals surface area contributed by atoms with Crippen LogP contribution in [0.5, 0.6) is 0 Å². The molecule has 3 aromatic rings. The van der Waals surface area contributed by atoms with Gasteiger partial charge in [-0.3, -0.25) is 4.90 Å². The summed E-state index contributed by atoms with van der Waals surface area (Å²) in [6, 6.07) is 9.49. The van der Waals surface area contributed by atoms with E-state index in [1.165, 1.54) is 42.5 Å². The van der Waals surface area contributed by atoms with Crippen molar-refractivity contribution in [2.75, 3.05) is 18.4 Å². The summed E-state index contributed by atoms with van der Waals surface area (Å²) in [6.07, 6.45) is 5.69. The third-order valence-corrected chi connectivity index (χ3v) is 5.17. The first kappa shape index (κ1) is 17.9. The van der Waals surface area contributed by atoms with Crippen LogP contribution in [0.1, 0.15) is 30.4 Å². The van der Waals surface area contributed by atoms with Crippen LogP contribution in [0.4, 0.5) is 20.3 Å². The van der Waals surface area contributed by atoms with Gasteiger partial charge in [0, 0.05) is 29.9 Å². The van der Waals surface area contributed by atoms with Crippen LogP contribution in [0, 0.1) is 18.6 Å². The van der Waals surface area contributed by atoms with Crippen LogP contribution in [-0.2, 0) is 6.54 Å². The lowest BCUT2D eigenvalue weighted by Crippen LogP contribution is -2.29. The summed E-state index contributed by atoms with van der Waals surface area (Å²) in [6.45, 7) is 5.21. The smallest absolute Gasteiger partial charge is 0.138 e. The van der Waals surface area contributed by atoms with Crippen molar-refractivity contribution >= 4 is 22.3 Å². The fourth-order valence-electron chi connectivity index (χ4n) is 3.91. The summed E-state index contributed by atoms with van der Waals surface area (Å²) in [5.74, 6) is -0.611. The van der Waals surface area contributed by atoms with Crippen LogP contribution >= 0.6 is 0 Å². The minimum absolute atomic E-state index is 0.353. The molecule has 1 saturated heterocycles. The number of anilines is 2. The number of benzene rings is 2. The number of aromatic nitrogens is 1. The van der Waals surface area contributed by atoms with E-state index in [-0.39, 0.29) is 0 Å². The van der Waals surface area contributed by atoms with Crippen molar-refractivity contribution in [3.63, 3.8) is 0 Å². The second-order valence-electron chi connectivity index (χ2n) is 7.25. The monoisotopic (exact) mass is 367 g/mol. The van der Waals surface area contributed by atoms with E-state index in [2.05, 4.69) is 28.2 Å². The van der Waals surface area contributed by atoms with E-state index in [0.29, 0.717) is 11.5 Å². The molecule has 1 aliphatic heterocycles. The summed E-state index contributed by atoms with van der Waals surface area (Å²) < 4.78 is 27.1. The van der Waals surface area contributed by atoms with Crippen LogP contribution in [0.15, 0.2) is 42.6 Å². The lowest BCUT2D eigenvalue weighted by molar-refractivity contribution is 0.221. The SMILES string of the molecule is Cc1cccc2c(Nc3cc(F)cc(F)c3)ncc(CN3CCCCC3)c12. The normalized spacial score (nSPS) is 15.2. The molecule has 5 heteroatoms. The van der Waals surface area contributed by atoms with Crippen molar-refractivity contribution in [1.82, 2.24) is 9.88 Å². The first-order chi connectivity index (χ1) is 13.1. The van der Waals surface area contributed by atoms with Gasteiger partial charge in [-0.1, -0.05) is 24.6 Å². The fourth-order valence-corrected chi connectivity index (χ4v) is 3.91. The highest BCUT2D eigenvalue weighted by Crippen LogP contribution is 2.31. The highest BCUT2D eigenvalue weighted by atomic mass is 19.1. The van der Waals surface area contributed by atoms with Gasteiger partial charge < -0.3 is 5.32 Å². The predicted octanol–water partition coefficient (Wildman–Crippen LogP) is 5.55. The molecule has 0 atom stereocenters. The Morgan fingerprint density at radius 1 is 1.04 bits per heavy atom. The van der Waals surface area contributed by atoms with E-state index in [4.69, 9.17) is 0 Å². The molecule has 1 aromatic heterocycles. The van der Waals surface area contributed by atoms with Crippen molar-refractivity contribution in [3.05, 3.63) is 65.4 Å². The maximum Gasteiger partial charge on any atom is 0.138 e. The van der Waals surface area contributed by atoms with Gasteiger partial charge in [0.15, 0.2) is 0 Å². The molecule has 1 aliphatic rings. The van der Waals surface area contributed by atoms with Gasteiger partial charge in [-0.05, 0) is 61.5 Å². The van der Waals surface area contributed by atoms with Crippen LogP contribution in [0.25, 0.3) is 10.8 Å². The molecule has 2 heterocycles. The van der Waals surface area contributed by atoms with Gasteiger partial charge in [0.2, 0.25) is 0 Å². The number of hydrogen-bond acceptors (Lipinski definition) is 3. The van der Waals surface area contributed by atoms with Crippen molar-refractivity contribution in [3.8, 4) is 0 Å². The quantitative estimate of drug-likeness (QED) is 0.655. The zero-order valence-corrected chi connectivity index (χ0v) is 15.4. The number of pyridine rings is 1. The topological polar surface area (TPSA) is 28.2 Å². The lowest BCUT2D eigenvalue weighted by atomic mass is 10.0. The highest BCUT2D eigenvalue weighted by Gasteiger charge is 2.15. The average molecular weight is 367 g/mol. The van der Waals surface area contributed by atoms with Gasteiger partial charge in [0.05, 0.1) is 0 Å². The molecule has 0 amide bonds. The molecule has 1 fully saturated rings. The molecule has 1 N–H and O–H groups in total. The largest absolute Gasteiger partial charge is 0.340 e. The molecule has 27 heavy (non-hydrogen) atoms. The minimum atomic E-state index is -0.611. The summed E-state index contributed by atoms with van der Waals surface area (Å²) >= 11 is 0. The number of halogens is 2. The van der Waals surface area contributed by atoms with E-state index >= 15 is 0 Å². The van der Waals surface area contributed by atoms with E-state index < -0.39 is 11.6 Å². The van der Waals surface area contributed by atoms with E-state index in [9.17, 15) is 8.78 Å². The van der Waals surface area contributed by atoms with Crippen LogP contribution in [0.2, 0.25) is 0 Å². The Balaban J connectivity index is 1.72. The molecule has 2 aromatic carbocycles. The Labute approximate surface area is 158 Å². The Bertz CT molecular complexity index is 945. The molecule has 0 aliphatic carbocycles. The predicted molar refractivity (Wildman–Crippen MR) is 105 cm³/mol. The van der Waals surface area contributed by atoms with Gasteiger partial charge in [-0.2, -0.15) is 0 Å². The molecule has 0 spiro atoms. The Hall–Kier alpha value is -2.53. The zero-order valence-electron chi connectivity index (χ0n) is 15.4. The second-order valence-corrected chi connectivity index (χ2v) is 7.25. The molecule has 3 nitrogen and oxygen atoms in total. The summed E-state index contributed by atoms with van der Waals surface area (Å²) in [4.78, 5) is 7.06. The molecule has 4 rings (SSSR count). The number of nitrogens with zero attached hydrogens (tertiary/aromatic N) is 2. The van der Waals surface area contributed by atoms with Crippen molar-refractivity contribution in [2.45, 2.75) is 32.7 Å². The van der Waals surface area contributed by atoms with Crippen molar-refractivity contribution in [2.24, 2.45) is 0 Å². The first-order valence-corrected chi connectivity index (χ1v) is 9.43. The highest BCUT2D eigenvalue weighted by molar-refractivity contribution is 5.97. The maximum absolute atomic E-state index is 13.5. The Kier molecular flexibility index (Phi) is 5.03. The standard InChI is InChI=1S/C22H23F2N3/c1-15-6-5-7-20-21(15)16(14-27-8-3-2-4-9-27)13-25-22(20)26-19-11-17(23)10-18(24)12-19/h5-7,10-13H,2-4,8-9,14H2,1H3,(H,25,26). The van der Waals surface area contributed by atoms with Gasteiger partial charge in [0.1, 0.15) is 17.5 Å². The van der Waals surface area contributed by atoms with Gasteiger partial charge >= 0.3 is 0 Å². The van der Waals surface area contributed by atoms with Crippen molar-refractivity contribution < 1.29 is 8.78 Å². The molecule has 0 saturated carbocycles. The number of rotatable bonds is 4. The third-order valence-electron chi connectivity index (χ3n) is 5.17. The summed E-state index contributed by atoms with van der Waals surface area (Å²) in [7, 11) is 0. The van der Waals surface area contributed by atoms with E-state index in [1.54, 1.807) is 0 Å². The average Bonchev–Trinajstić information content (AvgIpc) is 2.64. The number of aryl methyl sites for hydroxylation is 1. The van der Waals surface area contributed by atoms with Gasteiger partial charge in [0.25, 0.3) is 0 Å². The Morgan fingerprint density at radius 2 is 1.78 bits per heavy atom. The van der Waals surface area contributed by atoms with Gasteiger partial charge in [-0.25, -0.2) is 13.8 Å². The lowest BCUT2D eigenvalue weighted by Gasteiger charge is -2.27. The zero-order chi connectivity index (χ0) is 18.8. The second kappa shape index (κ2) is 7.61. The molecular formula is C22H23F2N3. The molecule has 140 valence electrons. The van der Waals surface area contributed by atoms with Gasteiger partial charge in [-0.15, -0.1) is 0 Å². The molecular weight excluding hydrogens is 344 g/mol. The van der Waals surface area contributed by atoms with Crippen LogP contribution in [0.3, 0.4) is 0 Å². The Morgan fingerprint density at radius 3 is 2.52 bits per heavy atom. The summed E-state index contributed by atoms with van der Waals surface area (Å²) in [5, 5.41) is 5.21. The number of nitrogens with one attached hydrogen (secondary N) is 1. The molecule has 0 unspecified atom stereocenters. The first-order valence-electron chi connectivity index (χ1n) is 9.43. The number of hydrogen-bond donors (Lipinski definition) is 1. The van der Waals surface area contributed by atoms with E-state index in [1.807, 2.05) is 18.3 Å². The fraction of sp³-hybridized carbons (Fsp3) is 0.318. The van der Waals surface area contributed by atoms with Crippen LogP contribution < -0.4 is 5.32 Å². The molecule has 0 bridgehead atoms. The number of piperidine rings is 1. The number of fused-ring (bicyclic) bond motifs is 1. The van der Waals surface area contributed by atoms with Crippen LogP contribution in [-0.4, -0.2) is 23.0 Å². The van der Waals surface area contributed by atoms with Crippen molar-refractivity contribution in [1.29, 1.82) is 0 Å². The maximum atomic E-state index is 13.5. The summed E-state index contributed by atoms with van der Waals surface area (Å²) in [5.41, 5.74) is 2.72. The minimum Gasteiger partial charge on any atom is -0.340 e. The van der Waals surface area contributed by atoms with E-state index in [0.717, 1.165) is 36.5 Å². The third kappa shape index (κ3) is 3.93. The molecule has 0 radical (unpaired) electrons.